The van der Waals surface area contributed by atoms with Crippen LogP contribution in [0.4, 0.5) is 5.69 Å². The number of ether oxygens (including phenoxy) is 1. The highest BCUT2D eigenvalue weighted by atomic mass is 35.5. The van der Waals surface area contributed by atoms with Gasteiger partial charge in [0.2, 0.25) is 0 Å². The number of hydrogen-bond acceptors (Lipinski definition) is 4. The maximum atomic E-state index is 6.18. The van der Waals surface area contributed by atoms with Crippen molar-refractivity contribution in [1.29, 1.82) is 0 Å². The van der Waals surface area contributed by atoms with Gasteiger partial charge in [0, 0.05) is 55.0 Å². The van der Waals surface area contributed by atoms with Crippen LogP contribution in [0, 0.1) is 0 Å². The van der Waals surface area contributed by atoms with Crippen LogP contribution in [-0.4, -0.2) is 44.4 Å². The van der Waals surface area contributed by atoms with Crippen molar-refractivity contribution < 1.29 is 4.74 Å². The fraction of sp³-hybridized carbons (Fsp3) is 0.625. The predicted octanol–water partition coefficient (Wildman–Crippen LogP) is 3.41. The first kappa shape index (κ1) is 16.9. The van der Waals surface area contributed by atoms with Crippen LogP contribution in [-0.2, 0) is 11.3 Å². The molecule has 118 valence electrons. The molecule has 1 N–H and O–H groups in total. The van der Waals surface area contributed by atoms with E-state index in [0.29, 0.717) is 0 Å². The minimum absolute atomic E-state index is 0.730. The van der Waals surface area contributed by atoms with Crippen molar-refractivity contribution in [3.63, 3.8) is 0 Å². The summed E-state index contributed by atoms with van der Waals surface area (Å²) in [5.41, 5.74) is 2.60. The zero-order valence-electron chi connectivity index (χ0n) is 12.9. The second-order valence-corrected chi connectivity index (χ2v) is 7.13. The Morgan fingerprint density at radius 1 is 1.48 bits per heavy atom. The molecule has 1 aromatic carbocycles. The molecule has 1 heterocycles. The van der Waals surface area contributed by atoms with E-state index in [4.69, 9.17) is 16.3 Å². The fourth-order valence-electron chi connectivity index (χ4n) is 2.59. The fourth-order valence-corrected chi connectivity index (χ4v) is 3.96. The van der Waals surface area contributed by atoms with E-state index >= 15 is 0 Å². The lowest BCUT2D eigenvalue weighted by molar-refractivity contribution is 0.199. The van der Waals surface area contributed by atoms with Crippen molar-refractivity contribution in [2.75, 3.05) is 44.0 Å². The van der Waals surface area contributed by atoms with Gasteiger partial charge in [0.1, 0.15) is 0 Å². The third-order valence-electron chi connectivity index (χ3n) is 3.77. The quantitative estimate of drug-likeness (QED) is 0.775. The highest BCUT2D eigenvalue weighted by Crippen LogP contribution is 2.29. The van der Waals surface area contributed by atoms with E-state index in [0.717, 1.165) is 43.1 Å². The van der Waals surface area contributed by atoms with Gasteiger partial charge in [0.15, 0.2) is 0 Å². The second kappa shape index (κ2) is 8.89. The Morgan fingerprint density at radius 3 is 3.10 bits per heavy atom. The van der Waals surface area contributed by atoms with Crippen LogP contribution >= 0.6 is 23.4 Å². The van der Waals surface area contributed by atoms with Gasteiger partial charge in [-0.15, -0.1) is 0 Å². The molecule has 3 nitrogen and oxygen atoms in total. The van der Waals surface area contributed by atoms with Crippen LogP contribution in [0.1, 0.15) is 18.9 Å². The minimum atomic E-state index is 0.730. The third-order valence-corrected chi connectivity index (χ3v) is 5.38. The molecule has 1 aromatic rings. The van der Waals surface area contributed by atoms with E-state index in [1.54, 1.807) is 7.11 Å². The summed E-state index contributed by atoms with van der Waals surface area (Å²) < 4.78 is 5.08. The number of rotatable bonds is 7. The molecule has 1 fully saturated rings. The number of nitrogens with zero attached hydrogens (tertiary/aromatic N) is 1. The zero-order valence-corrected chi connectivity index (χ0v) is 14.5. The topological polar surface area (TPSA) is 24.5 Å². The standard InChI is InChI=1S/C16H25ClN2OS/c1-3-15-12-19(7-9-21-15)16-5-4-14(17)10-13(16)11-18-6-8-20-2/h4-5,10,15,18H,3,6-9,11-12H2,1-2H3. The summed E-state index contributed by atoms with van der Waals surface area (Å²) in [6, 6.07) is 6.25. The number of benzene rings is 1. The molecule has 0 spiro atoms. The third kappa shape index (κ3) is 5.06. The largest absolute Gasteiger partial charge is 0.383 e. The summed E-state index contributed by atoms with van der Waals surface area (Å²) in [4.78, 5) is 2.51. The summed E-state index contributed by atoms with van der Waals surface area (Å²) in [7, 11) is 1.72. The summed E-state index contributed by atoms with van der Waals surface area (Å²) in [6.07, 6.45) is 1.23. The lowest BCUT2D eigenvalue weighted by atomic mass is 10.1. The first-order valence-corrected chi connectivity index (χ1v) is 9.02. The first-order valence-electron chi connectivity index (χ1n) is 7.59. The van der Waals surface area contributed by atoms with Crippen LogP contribution in [0.15, 0.2) is 18.2 Å². The molecule has 0 amide bonds. The molecular formula is C16H25ClN2OS. The highest BCUT2D eigenvalue weighted by Gasteiger charge is 2.21. The summed E-state index contributed by atoms with van der Waals surface area (Å²) in [6.45, 7) is 6.95. The number of nitrogens with one attached hydrogen (secondary N) is 1. The van der Waals surface area contributed by atoms with E-state index in [1.165, 1.54) is 23.4 Å². The van der Waals surface area contributed by atoms with Crippen LogP contribution < -0.4 is 10.2 Å². The van der Waals surface area contributed by atoms with Crippen molar-refractivity contribution in [2.24, 2.45) is 0 Å². The molecule has 5 heteroatoms. The second-order valence-electron chi connectivity index (χ2n) is 5.29. The molecule has 0 aliphatic carbocycles. The number of methoxy groups -OCH3 is 1. The van der Waals surface area contributed by atoms with Gasteiger partial charge >= 0.3 is 0 Å². The molecule has 1 aliphatic heterocycles. The summed E-state index contributed by atoms with van der Waals surface area (Å²) >= 11 is 8.27. The van der Waals surface area contributed by atoms with E-state index in [9.17, 15) is 0 Å². The molecule has 21 heavy (non-hydrogen) atoms. The van der Waals surface area contributed by atoms with E-state index in [1.807, 2.05) is 6.07 Å². The van der Waals surface area contributed by atoms with Gasteiger partial charge in [-0.3, -0.25) is 0 Å². The van der Waals surface area contributed by atoms with E-state index < -0.39 is 0 Å². The molecule has 0 bridgehead atoms. The summed E-state index contributed by atoms with van der Waals surface area (Å²) in [5, 5.41) is 4.96. The Hall–Kier alpha value is -0.420. The number of anilines is 1. The number of hydrogen-bond donors (Lipinski definition) is 1. The predicted molar refractivity (Wildman–Crippen MR) is 93.8 cm³/mol. The average Bonchev–Trinajstić information content (AvgIpc) is 2.52. The van der Waals surface area contributed by atoms with Crippen LogP contribution in [0.25, 0.3) is 0 Å². The minimum Gasteiger partial charge on any atom is -0.383 e. The molecule has 1 unspecified atom stereocenters. The first-order chi connectivity index (χ1) is 10.2. The van der Waals surface area contributed by atoms with Crippen molar-refractivity contribution in [2.45, 2.75) is 25.1 Å². The van der Waals surface area contributed by atoms with Crippen molar-refractivity contribution in [1.82, 2.24) is 5.32 Å². The molecular weight excluding hydrogens is 304 g/mol. The lowest BCUT2D eigenvalue weighted by Crippen LogP contribution is -2.38. The average molecular weight is 329 g/mol. The highest BCUT2D eigenvalue weighted by molar-refractivity contribution is 8.00. The van der Waals surface area contributed by atoms with E-state index in [2.05, 4.69) is 41.0 Å². The zero-order chi connectivity index (χ0) is 15.1. The van der Waals surface area contributed by atoms with Gasteiger partial charge in [-0.1, -0.05) is 18.5 Å². The van der Waals surface area contributed by atoms with Gasteiger partial charge in [-0.25, -0.2) is 0 Å². The Morgan fingerprint density at radius 2 is 2.33 bits per heavy atom. The lowest BCUT2D eigenvalue weighted by Gasteiger charge is -2.35. The van der Waals surface area contributed by atoms with Gasteiger partial charge in [-0.05, 0) is 30.2 Å². The van der Waals surface area contributed by atoms with Gasteiger partial charge < -0.3 is 15.0 Å². The Kier molecular flexibility index (Phi) is 7.17. The molecule has 0 aromatic heterocycles. The molecule has 1 saturated heterocycles. The molecule has 1 aliphatic rings. The SMILES string of the molecule is CCC1CN(c2ccc(Cl)cc2CNCCOC)CCS1. The summed E-state index contributed by atoms with van der Waals surface area (Å²) in [5.74, 6) is 1.21. The van der Waals surface area contributed by atoms with Crippen LogP contribution in [0.2, 0.25) is 5.02 Å². The van der Waals surface area contributed by atoms with Crippen LogP contribution in [0.3, 0.4) is 0 Å². The van der Waals surface area contributed by atoms with Gasteiger partial charge in [-0.2, -0.15) is 11.8 Å². The van der Waals surface area contributed by atoms with Crippen molar-refractivity contribution >= 4 is 29.1 Å². The molecule has 0 saturated carbocycles. The molecule has 1 atom stereocenters. The Labute approximate surface area is 137 Å². The number of thioether (sulfide) groups is 1. The number of halogens is 1. The van der Waals surface area contributed by atoms with Crippen LogP contribution in [0.5, 0.6) is 0 Å². The monoisotopic (exact) mass is 328 g/mol. The normalized spacial score (nSPS) is 19.0. The van der Waals surface area contributed by atoms with Crippen molar-refractivity contribution in [3.05, 3.63) is 28.8 Å². The Balaban J connectivity index is 2.06. The van der Waals surface area contributed by atoms with E-state index in [-0.39, 0.29) is 0 Å². The molecule has 0 radical (unpaired) electrons. The van der Waals surface area contributed by atoms with Gasteiger partial charge in [0.05, 0.1) is 6.61 Å². The smallest absolute Gasteiger partial charge is 0.0587 e. The Bertz CT molecular complexity index is 444. The maximum Gasteiger partial charge on any atom is 0.0587 e. The van der Waals surface area contributed by atoms with Crippen molar-refractivity contribution in [3.8, 4) is 0 Å². The maximum absolute atomic E-state index is 6.18. The molecule has 2 rings (SSSR count). The van der Waals surface area contributed by atoms with Gasteiger partial charge in [0.25, 0.3) is 0 Å².